The average molecular weight is 275 g/mol. The number of rotatable bonds is 2. The van der Waals surface area contributed by atoms with Gasteiger partial charge < -0.3 is 14.5 Å². The molecule has 118 valence electrons. The molecule has 3 heteroatoms. The van der Waals surface area contributed by atoms with Gasteiger partial charge >= 0.3 is 0 Å². The molecule has 19 heavy (non-hydrogen) atoms. The zero-order chi connectivity index (χ0) is 15.5. The largest absolute Gasteiger partial charge is 0.353 e. The molecule has 0 unspecified atom stereocenters. The molecule has 0 N–H and O–H groups in total. The van der Waals surface area contributed by atoms with E-state index in [9.17, 15) is 0 Å². The third-order valence-corrected chi connectivity index (χ3v) is 2.65. The first kappa shape index (κ1) is 23.7. The summed E-state index contributed by atoms with van der Waals surface area (Å²) in [7, 11) is 1.75. The molecule has 1 aliphatic rings. The van der Waals surface area contributed by atoms with Gasteiger partial charge in [-0.15, -0.1) is 0 Å². The van der Waals surface area contributed by atoms with Gasteiger partial charge in [0.25, 0.3) is 0 Å². The molecule has 1 rings (SSSR count). The van der Waals surface area contributed by atoms with Crippen LogP contribution in [0.4, 0.5) is 0 Å². The average Bonchev–Trinajstić information content (AvgIpc) is 2.50. The molecule has 0 atom stereocenters. The highest BCUT2D eigenvalue weighted by Gasteiger charge is 2.05. The Morgan fingerprint density at radius 3 is 1.63 bits per heavy atom. The van der Waals surface area contributed by atoms with E-state index in [2.05, 4.69) is 25.8 Å². The van der Waals surface area contributed by atoms with Crippen LogP contribution in [0.2, 0.25) is 0 Å². The summed E-state index contributed by atoms with van der Waals surface area (Å²) in [6.07, 6.45) is 5.49. The highest BCUT2D eigenvalue weighted by atomic mass is 16.7. The quantitative estimate of drug-likeness (QED) is 0.668. The number of hydrogen-bond donors (Lipinski definition) is 0. The second kappa shape index (κ2) is 22.7. The summed E-state index contributed by atoms with van der Waals surface area (Å²) in [5.74, 6) is 0.935. The lowest BCUT2D eigenvalue weighted by atomic mass is 10.1. The molecule has 0 aliphatic carbocycles. The van der Waals surface area contributed by atoms with Crippen LogP contribution in [-0.2, 0) is 9.47 Å². The molecule has 0 radical (unpaired) electrons. The highest BCUT2D eigenvalue weighted by molar-refractivity contribution is 5.52. The molecule has 1 aliphatic heterocycles. The molecule has 0 aromatic heterocycles. The van der Waals surface area contributed by atoms with Crippen LogP contribution in [0.25, 0.3) is 0 Å². The lowest BCUT2D eigenvalue weighted by Gasteiger charge is -2.18. The van der Waals surface area contributed by atoms with E-state index >= 15 is 0 Å². The Kier molecular flexibility index (Phi) is 28.3. The zero-order valence-electron chi connectivity index (χ0n) is 14.5. The van der Waals surface area contributed by atoms with E-state index in [0.29, 0.717) is 0 Å². The van der Waals surface area contributed by atoms with Crippen molar-refractivity contribution in [2.75, 3.05) is 20.3 Å². The van der Waals surface area contributed by atoms with Crippen LogP contribution in [0.5, 0.6) is 0 Å². The molecule has 0 aromatic rings. The second-order valence-electron chi connectivity index (χ2n) is 4.10. The minimum Gasteiger partial charge on any atom is -0.353 e. The summed E-state index contributed by atoms with van der Waals surface area (Å²) in [4.78, 5) is 3.61. The molecule has 0 spiro atoms. The molecule has 1 saturated heterocycles. The third-order valence-electron chi connectivity index (χ3n) is 2.65. The van der Waals surface area contributed by atoms with Crippen LogP contribution in [-0.4, -0.2) is 32.8 Å². The summed E-state index contributed by atoms with van der Waals surface area (Å²) < 4.78 is 10.1. The van der Waals surface area contributed by atoms with Gasteiger partial charge in [-0.1, -0.05) is 47.5 Å². The fraction of sp³-hybridized carbons (Fsp3) is 0.938. The van der Waals surface area contributed by atoms with E-state index in [-0.39, 0.29) is 6.29 Å². The summed E-state index contributed by atoms with van der Waals surface area (Å²) in [5, 5.41) is 0. The van der Waals surface area contributed by atoms with Crippen molar-refractivity contribution >= 4 is 6.21 Å². The van der Waals surface area contributed by atoms with Crippen molar-refractivity contribution in [3.63, 3.8) is 0 Å². The summed E-state index contributed by atoms with van der Waals surface area (Å²) >= 11 is 0. The summed E-state index contributed by atoms with van der Waals surface area (Å²) in [5.41, 5.74) is 0. The van der Waals surface area contributed by atoms with Gasteiger partial charge in [-0.3, -0.25) is 0 Å². The number of aliphatic imine (C=N–C) groups is 1. The lowest BCUT2D eigenvalue weighted by molar-refractivity contribution is -0.167. The van der Waals surface area contributed by atoms with Crippen molar-refractivity contribution in [3.8, 4) is 0 Å². The Morgan fingerprint density at radius 1 is 1.16 bits per heavy atom. The molecule has 1 fully saturated rings. The lowest BCUT2D eigenvalue weighted by Crippen LogP contribution is -2.21. The Balaban J connectivity index is -0.000000196. The van der Waals surface area contributed by atoms with Crippen molar-refractivity contribution in [1.82, 2.24) is 0 Å². The predicted octanol–water partition coefficient (Wildman–Crippen LogP) is 4.94. The summed E-state index contributed by atoms with van der Waals surface area (Å²) in [6, 6.07) is 0. The maximum absolute atomic E-state index is 5.06. The molecular weight excluding hydrogens is 238 g/mol. The highest BCUT2D eigenvalue weighted by Crippen LogP contribution is 2.03. The fourth-order valence-electron chi connectivity index (χ4n) is 0.894. The van der Waals surface area contributed by atoms with Crippen molar-refractivity contribution in [3.05, 3.63) is 0 Å². The van der Waals surface area contributed by atoms with Crippen LogP contribution >= 0.6 is 0 Å². The first-order valence-corrected chi connectivity index (χ1v) is 7.72. The number of hydrogen-bond acceptors (Lipinski definition) is 3. The van der Waals surface area contributed by atoms with Crippen LogP contribution < -0.4 is 0 Å². The van der Waals surface area contributed by atoms with Crippen LogP contribution in [0.15, 0.2) is 4.99 Å². The van der Waals surface area contributed by atoms with Crippen LogP contribution in [0, 0.1) is 5.92 Å². The van der Waals surface area contributed by atoms with Gasteiger partial charge in [0.05, 0.1) is 13.2 Å². The normalized spacial score (nSPS) is 14.8. The van der Waals surface area contributed by atoms with Crippen molar-refractivity contribution in [2.24, 2.45) is 10.9 Å². The molecule has 0 aromatic carbocycles. The maximum atomic E-state index is 5.06. The standard InChI is InChI=1S/C6H14.C5H10O2.C3H7N.C2H6/c1-4-6(3)5-2;1-5-6-3-2-4-7-5;1-3-4-2;1-2/h6H,4-5H2,1-3H3;5H,2-4H2,1H3;3H,1-2H3;1-2H3. The van der Waals surface area contributed by atoms with Gasteiger partial charge in [-0.2, -0.15) is 0 Å². The van der Waals surface area contributed by atoms with Crippen LogP contribution in [0.3, 0.4) is 0 Å². The third kappa shape index (κ3) is 27.0. The van der Waals surface area contributed by atoms with E-state index in [1.165, 1.54) is 12.8 Å². The summed E-state index contributed by atoms with van der Waals surface area (Å²) in [6.45, 7) is 16.3. The molecule has 1 heterocycles. The van der Waals surface area contributed by atoms with Gasteiger partial charge in [-0.05, 0) is 32.4 Å². The van der Waals surface area contributed by atoms with Crippen LogP contribution in [0.1, 0.15) is 67.7 Å². The minimum atomic E-state index is 0.0359. The zero-order valence-corrected chi connectivity index (χ0v) is 14.5. The van der Waals surface area contributed by atoms with Crippen molar-refractivity contribution in [1.29, 1.82) is 0 Å². The van der Waals surface area contributed by atoms with E-state index in [4.69, 9.17) is 9.47 Å². The first-order chi connectivity index (χ1) is 9.12. The fourth-order valence-corrected chi connectivity index (χ4v) is 0.894. The van der Waals surface area contributed by atoms with Crippen molar-refractivity contribution < 1.29 is 9.47 Å². The number of nitrogens with zero attached hydrogens (tertiary/aromatic N) is 1. The van der Waals surface area contributed by atoms with Gasteiger partial charge in [0.15, 0.2) is 6.29 Å². The Morgan fingerprint density at radius 2 is 1.53 bits per heavy atom. The maximum Gasteiger partial charge on any atom is 0.154 e. The monoisotopic (exact) mass is 275 g/mol. The smallest absolute Gasteiger partial charge is 0.154 e. The van der Waals surface area contributed by atoms with Gasteiger partial charge in [-0.25, -0.2) is 0 Å². The Hall–Kier alpha value is -0.410. The number of ether oxygens (including phenoxy) is 2. The second-order valence-corrected chi connectivity index (χ2v) is 4.10. The van der Waals surface area contributed by atoms with Crippen molar-refractivity contribution in [2.45, 2.75) is 74.0 Å². The minimum absolute atomic E-state index is 0.0359. The Bertz CT molecular complexity index is 147. The van der Waals surface area contributed by atoms with E-state index < -0.39 is 0 Å². The first-order valence-electron chi connectivity index (χ1n) is 7.72. The van der Waals surface area contributed by atoms with Gasteiger partial charge in [0.1, 0.15) is 0 Å². The topological polar surface area (TPSA) is 30.8 Å². The Labute approximate surface area is 121 Å². The predicted molar refractivity (Wildman–Crippen MR) is 87.2 cm³/mol. The molecule has 0 saturated carbocycles. The molecule has 0 amide bonds. The molecule has 3 nitrogen and oxygen atoms in total. The SMILES string of the molecule is CC.CC1OCCCO1.CC=NC.CCC(C)CC. The van der Waals surface area contributed by atoms with Gasteiger partial charge in [0.2, 0.25) is 0 Å². The molecule has 0 bridgehead atoms. The molecular formula is C16H37NO2. The van der Waals surface area contributed by atoms with E-state index in [0.717, 1.165) is 25.6 Å². The van der Waals surface area contributed by atoms with E-state index in [1.54, 1.807) is 13.3 Å². The van der Waals surface area contributed by atoms with E-state index in [1.807, 2.05) is 27.7 Å². The van der Waals surface area contributed by atoms with Gasteiger partial charge in [0, 0.05) is 7.05 Å².